The number of carbonyl (C=O) groups is 1. The molecule has 1 atom stereocenters. The van der Waals surface area contributed by atoms with E-state index in [0.29, 0.717) is 0 Å². The highest BCUT2D eigenvalue weighted by Crippen LogP contribution is 2.48. The zero-order chi connectivity index (χ0) is 11.1. The van der Waals surface area contributed by atoms with E-state index in [1.807, 2.05) is 13.8 Å². The maximum Gasteiger partial charge on any atom is 0.309 e. The third kappa shape index (κ3) is 1.78. The van der Waals surface area contributed by atoms with Gasteiger partial charge in [-0.05, 0) is 51.9 Å². The standard InChI is InChI=1S/C12H20O3/c1-11(2,10(13)14)9-4-7-15-12(8-9)5-3-6-12/h9H,3-8H2,1-2H3,(H,13,14). The molecule has 1 aliphatic heterocycles. The fourth-order valence-corrected chi connectivity index (χ4v) is 2.74. The Balaban J connectivity index is 2.07. The summed E-state index contributed by atoms with van der Waals surface area (Å²) in [6, 6.07) is 0. The second-order valence-electron chi connectivity index (χ2n) is 5.60. The molecule has 3 nitrogen and oxygen atoms in total. The summed E-state index contributed by atoms with van der Waals surface area (Å²) < 4.78 is 5.81. The van der Waals surface area contributed by atoms with Gasteiger partial charge in [0.05, 0.1) is 11.0 Å². The molecule has 1 saturated carbocycles. The third-order valence-corrected chi connectivity index (χ3v) is 4.33. The first-order valence-electron chi connectivity index (χ1n) is 5.84. The van der Waals surface area contributed by atoms with Gasteiger partial charge in [-0.15, -0.1) is 0 Å². The summed E-state index contributed by atoms with van der Waals surface area (Å²) in [6.07, 6.45) is 5.31. The summed E-state index contributed by atoms with van der Waals surface area (Å²) in [5.74, 6) is -0.409. The Bertz CT molecular complexity index is 266. The summed E-state index contributed by atoms with van der Waals surface area (Å²) in [4.78, 5) is 11.2. The quantitative estimate of drug-likeness (QED) is 0.764. The smallest absolute Gasteiger partial charge is 0.309 e. The van der Waals surface area contributed by atoms with Crippen LogP contribution < -0.4 is 0 Å². The Morgan fingerprint density at radius 2 is 2.13 bits per heavy atom. The van der Waals surface area contributed by atoms with Crippen LogP contribution >= 0.6 is 0 Å². The van der Waals surface area contributed by atoms with E-state index in [-0.39, 0.29) is 11.5 Å². The lowest BCUT2D eigenvalue weighted by molar-refractivity contribution is -0.172. The van der Waals surface area contributed by atoms with Crippen LogP contribution in [0.2, 0.25) is 0 Å². The van der Waals surface area contributed by atoms with Crippen molar-refractivity contribution < 1.29 is 14.6 Å². The zero-order valence-corrected chi connectivity index (χ0v) is 9.58. The van der Waals surface area contributed by atoms with Crippen LogP contribution in [0.25, 0.3) is 0 Å². The molecule has 1 unspecified atom stereocenters. The number of rotatable bonds is 2. The lowest BCUT2D eigenvalue weighted by atomic mass is 9.65. The fourth-order valence-electron chi connectivity index (χ4n) is 2.74. The van der Waals surface area contributed by atoms with Crippen molar-refractivity contribution in [1.82, 2.24) is 0 Å². The second kappa shape index (κ2) is 3.48. The van der Waals surface area contributed by atoms with Crippen LogP contribution in [0.1, 0.15) is 46.0 Å². The van der Waals surface area contributed by atoms with E-state index >= 15 is 0 Å². The van der Waals surface area contributed by atoms with E-state index in [4.69, 9.17) is 4.74 Å². The van der Waals surface area contributed by atoms with Gasteiger partial charge in [0.2, 0.25) is 0 Å². The number of ether oxygens (including phenoxy) is 1. The normalized spacial score (nSPS) is 29.9. The van der Waals surface area contributed by atoms with Crippen molar-refractivity contribution in [3.8, 4) is 0 Å². The Labute approximate surface area is 90.8 Å². The summed E-state index contributed by atoms with van der Waals surface area (Å²) in [5, 5.41) is 9.21. The van der Waals surface area contributed by atoms with Gasteiger partial charge in [0.25, 0.3) is 0 Å². The van der Waals surface area contributed by atoms with Crippen molar-refractivity contribution in [3.05, 3.63) is 0 Å². The number of hydrogen-bond acceptors (Lipinski definition) is 2. The minimum absolute atomic E-state index is 0.0512. The van der Waals surface area contributed by atoms with Gasteiger partial charge in [0, 0.05) is 6.61 Å². The first-order valence-corrected chi connectivity index (χ1v) is 5.84. The van der Waals surface area contributed by atoms with Crippen LogP contribution in [0.3, 0.4) is 0 Å². The predicted molar refractivity (Wildman–Crippen MR) is 56.7 cm³/mol. The average molecular weight is 212 g/mol. The number of aliphatic carboxylic acids is 1. The van der Waals surface area contributed by atoms with Crippen LogP contribution in [0, 0.1) is 11.3 Å². The lowest BCUT2D eigenvalue weighted by Crippen LogP contribution is -2.49. The number of hydrogen-bond donors (Lipinski definition) is 1. The summed E-state index contributed by atoms with van der Waals surface area (Å²) in [5.41, 5.74) is -0.554. The third-order valence-electron chi connectivity index (χ3n) is 4.33. The van der Waals surface area contributed by atoms with Gasteiger partial charge in [-0.1, -0.05) is 0 Å². The van der Waals surface area contributed by atoms with E-state index in [9.17, 15) is 9.90 Å². The molecular formula is C12H20O3. The predicted octanol–water partition coefficient (Wildman–Crippen LogP) is 2.45. The van der Waals surface area contributed by atoms with Crippen LogP contribution in [-0.2, 0) is 9.53 Å². The van der Waals surface area contributed by atoms with E-state index < -0.39 is 11.4 Å². The molecule has 1 heterocycles. The number of carboxylic acid groups (broad SMARTS) is 1. The molecule has 0 radical (unpaired) electrons. The van der Waals surface area contributed by atoms with Gasteiger partial charge in [0.15, 0.2) is 0 Å². The van der Waals surface area contributed by atoms with E-state index in [0.717, 1.165) is 32.3 Å². The minimum Gasteiger partial charge on any atom is -0.481 e. The Morgan fingerprint density at radius 1 is 1.47 bits per heavy atom. The van der Waals surface area contributed by atoms with Crippen molar-refractivity contribution in [2.24, 2.45) is 11.3 Å². The molecule has 2 rings (SSSR count). The van der Waals surface area contributed by atoms with Gasteiger partial charge in [-0.3, -0.25) is 4.79 Å². The molecule has 2 aliphatic rings. The van der Waals surface area contributed by atoms with Crippen molar-refractivity contribution in [2.45, 2.75) is 51.6 Å². The van der Waals surface area contributed by atoms with Gasteiger partial charge in [0.1, 0.15) is 0 Å². The van der Waals surface area contributed by atoms with Crippen LogP contribution in [0.4, 0.5) is 0 Å². The van der Waals surface area contributed by atoms with Crippen molar-refractivity contribution >= 4 is 5.97 Å². The van der Waals surface area contributed by atoms with E-state index in [2.05, 4.69) is 0 Å². The fraction of sp³-hybridized carbons (Fsp3) is 0.917. The second-order valence-corrected chi connectivity index (χ2v) is 5.60. The molecule has 0 bridgehead atoms. The molecule has 1 aliphatic carbocycles. The van der Waals surface area contributed by atoms with Gasteiger partial charge >= 0.3 is 5.97 Å². The molecule has 1 saturated heterocycles. The molecule has 0 aromatic carbocycles. The van der Waals surface area contributed by atoms with Gasteiger partial charge in [-0.25, -0.2) is 0 Å². The van der Waals surface area contributed by atoms with E-state index in [1.165, 1.54) is 6.42 Å². The molecule has 3 heteroatoms. The molecule has 1 N–H and O–H groups in total. The molecule has 0 aromatic rings. The molecule has 2 fully saturated rings. The largest absolute Gasteiger partial charge is 0.481 e. The molecule has 0 amide bonds. The SMILES string of the molecule is CC(C)(C(=O)O)C1CCOC2(CCC2)C1. The zero-order valence-electron chi connectivity index (χ0n) is 9.58. The average Bonchev–Trinajstić information content (AvgIpc) is 2.15. The van der Waals surface area contributed by atoms with Gasteiger partial charge in [-0.2, -0.15) is 0 Å². The molecule has 1 spiro atoms. The minimum atomic E-state index is -0.677. The Hall–Kier alpha value is -0.570. The molecule has 15 heavy (non-hydrogen) atoms. The molecule has 0 aromatic heterocycles. The lowest BCUT2D eigenvalue weighted by Gasteiger charge is -2.49. The van der Waals surface area contributed by atoms with Crippen LogP contribution in [0.5, 0.6) is 0 Å². The monoisotopic (exact) mass is 212 g/mol. The highest BCUT2D eigenvalue weighted by Gasteiger charge is 2.48. The van der Waals surface area contributed by atoms with Crippen molar-refractivity contribution in [1.29, 1.82) is 0 Å². The topological polar surface area (TPSA) is 46.5 Å². The summed E-state index contributed by atoms with van der Waals surface area (Å²) >= 11 is 0. The molecule has 86 valence electrons. The van der Waals surface area contributed by atoms with E-state index in [1.54, 1.807) is 0 Å². The van der Waals surface area contributed by atoms with Gasteiger partial charge < -0.3 is 9.84 Å². The summed E-state index contributed by atoms with van der Waals surface area (Å²) in [6.45, 7) is 4.43. The Morgan fingerprint density at radius 3 is 2.60 bits per heavy atom. The maximum absolute atomic E-state index is 11.2. The highest BCUT2D eigenvalue weighted by molar-refractivity contribution is 5.74. The van der Waals surface area contributed by atoms with Crippen molar-refractivity contribution in [3.63, 3.8) is 0 Å². The number of carboxylic acids is 1. The van der Waals surface area contributed by atoms with Crippen LogP contribution in [-0.4, -0.2) is 23.3 Å². The maximum atomic E-state index is 11.2. The molecular weight excluding hydrogens is 192 g/mol. The van der Waals surface area contributed by atoms with Crippen molar-refractivity contribution in [2.75, 3.05) is 6.61 Å². The Kier molecular flexibility index (Phi) is 2.53. The van der Waals surface area contributed by atoms with Crippen LogP contribution in [0.15, 0.2) is 0 Å². The first-order chi connectivity index (χ1) is 6.96. The summed E-state index contributed by atoms with van der Waals surface area (Å²) in [7, 11) is 0. The first kappa shape index (κ1) is 10.9. The highest BCUT2D eigenvalue weighted by atomic mass is 16.5.